The molecule has 0 bridgehead atoms. The maximum Gasteiger partial charge on any atom is 0.102 e. The lowest BCUT2D eigenvalue weighted by atomic mass is 10.5. The van der Waals surface area contributed by atoms with Gasteiger partial charge in [-0.1, -0.05) is 12.2 Å². The maximum absolute atomic E-state index is 8.59. The summed E-state index contributed by atoms with van der Waals surface area (Å²) in [5, 5.41) is 11.3. The van der Waals surface area contributed by atoms with Crippen LogP contribution in [-0.2, 0) is 0 Å². The molecule has 0 unspecified atom stereocenters. The van der Waals surface area contributed by atoms with Crippen LogP contribution in [0.2, 0.25) is 0 Å². The third-order valence-corrected chi connectivity index (χ3v) is 0.908. The fourth-order valence-corrected chi connectivity index (χ4v) is 0.432. The van der Waals surface area contributed by atoms with Crippen LogP contribution in [0.25, 0.3) is 0 Å². The molecule has 0 amide bonds. The molecular weight excluding hydrogens is 122 g/mol. The standard InChI is InChI=1S/C5H9NOS/c1-4(7)3-5(8)6-2/h3,7H,1-2H3,(H,6,8)/b4-3-. The molecule has 0 aliphatic heterocycles. The lowest BCUT2D eigenvalue weighted by Gasteiger charge is -1.92. The molecule has 0 saturated carbocycles. The third-order valence-electron chi connectivity index (χ3n) is 0.586. The second-order valence-corrected chi connectivity index (χ2v) is 1.84. The van der Waals surface area contributed by atoms with E-state index in [0.29, 0.717) is 4.99 Å². The van der Waals surface area contributed by atoms with Crippen LogP contribution in [0.15, 0.2) is 11.8 Å². The zero-order chi connectivity index (χ0) is 6.57. The molecule has 0 rings (SSSR count). The van der Waals surface area contributed by atoms with E-state index in [4.69, 9.17) is 5.11 Å². The summed E-state index contributed by atoms with van der Waals surface area (Å²) in [6.45, 7) is 1.57. The van der Waals surface area contributed by atoms with Gasteiger partial charge in [0.1, 0.15) is 4.99 Å². The number of hydrogen-bond acceptors (Lipinski definition) is 2. The first-order valence-corrected chi connectivity index (χ1v) is 2.66. The van der Waals surface area contributed by atoms with Crippen molar-refractivity contribution in [1.82, 2.24) is 5.32 Å². The van der Waals surface area contributed by atoms with Crippen LogP contribution in [0.5, 0.6) is 0 Å². The second-order valence-electron chi connectivity index (χ2n) is 1.40. The highest BCUT2D eigenvalue weighted by Gasteiger charge is 1.83. The lowest BCUT2D eigenvalue weighted by Crippen LogP contribution is -2.12. The molecule has 0 aromatic rings. The van der Waals surface area contributed by atoms with Gasteiger partial charge in [0.05, 0.1) is 5.76 Å². The van der Waals surface area contributed by atoms with Gasteiger partial charge < -0.3 is 10.4 Å². The average molecular weight is 131 g/mol. The molecule has 46 valence electrons. The topological polar surface area (TPSA) is 32.3 Å². The number of rotatable bonds is 1. The smallest absolute Gasteiger partial charge is 0.102 e. The van der Waals surface area contributed by atoms with Crippen LogP contribution in [0.1, 0.15) is 6.92 Å². The SMILES string of the molecule is CNC(=S)/C=C(/C)O. The van der Waals surface area contributed by atoms with Gasteiger partial charge in [-0.3, -0.25) is 0 Å². The van der Waals surface area contributed by atoms with E-state index >= 15 is 0 Å². The fraction of sp³-hybridized carbons (Fsp3) is 0.400. The van der Waals surface area contributed by atoms with E-state index in [1.807, 2.05) is 0 Å². The molecule has 2 nitrogen and oxygen atoms in total. The van der Waals surface area contributed by atoms with Crippen molar-refractivity contribution < 1.29 is 5.11 Å². The number of likely N-dealkylation sites (N-methyl/N-ethyl adjacent to an activating group) is 1. The quantitative estimate of drug-likeness (QED) is 0.316. The minimum absolute atomic E-state index is 0.226. The zero-order valence-electron chi connectivity index (χ0n) is 4.93. The molecule has 0 heterocycles. The number of thiocarbonyl (C=S) groups is 1. The van der Waals surface area contributed by atoms with Crippen molar-refractivity contribution in [3.63, 3.8) is 0 Å². The molecule has 2 N–H and O–H groups in total. The molecule has 3 heteroatoms. The second kappa shape index (κ2) is 3.43. The predicted octanol–water partition coefficient (Wildman–Crippen LogP) is 0.995. The molecule has 0 atom stereocenters. The summed E-state index contributed by atoms with van der Waals surface area (Å²) in [4.78, 5) is 0.546. The van der Waals surface area contributed by atoms with Crippen LogP contribution < -0.4 is 5.32 Å². The summed E-state index contributed by atoms with van der Waals surface area (Å²) in [5.74, 6) is 0.226. The van der Waals surface area contributed by atoms with Gasteiger partial charge in [0.25, 0.3) is 0 Å². The summed E-state index contributed by atoms with van der Waals surface area (Å²) in [6.07, 6.45) is 1.48. The van der Waals surface area contributed by atoms with Crippen molar-refractivity contribution in [2.45, 2.75) is 6.92 Å². The molecule has 0 aliphatic carbocycles. The Bertz CT molecular complexity index is 116. The molecule has 0 saturated heterocycles. The van der Waals surface area contributed by atoms with Crippen molar-refractivity contribution in [1.29, 1.82) is 0 Å². The van der Waals surface area contributed by atoms with Crippen LogP contribution in [-0.4, -0.2) is 17.1 Å². The molecule has 0 aromatic heterocycles. The van der Waals surface area contributed by atoms with Gasteiger partial charge in [0.2, 0.25) is 0 Å². The Morgan fingerprint density at radius 3 is 2.38 bits per heavy atom. The van der Waals surface area contributed by atoms with Crippen molar-refractivity contribution in [2.75, 3.05) is 7.05 Å². The largest absolute Gasteiger partial charge is 0.513 e. The Kier molecular flexibility index (Phi) is 3.19. The highest BCUT2D eigenvalue weighted by atomic mass is 32.1. The first-order chi connectivity index (χ1) is 3.66. The summed E-state index contributed by atoms with van der Waals surface area (Å²) in [6, 6.07) is 0. The van der Waals surface area contributed by atoms with Gasteiger partial charge in [0, 0.05) is 13.1 Å². The summed E-state index contributed by atoms with van der Waals surface area (Å²) >= 11 is 4.68. The van der Waals surface area contributed by atoms with Crippen LogP contribution in [0.3, 0.4) is 0 Å². The van der Waals surface area contributed by atoms with Gasteiger partial charge >= 0.3 is 0 Å². The van der Waals surface area contributed by atoms with Crippen LogP contribution >= 0.6 is 12.2 Å². The maximum atomic E-state index is 8.59. The van der Waals surface area contributed by atoms with E-state index in [0.717, 1.165) is 0 Å². The van der Waals surface area contributed by atoms with Gasteiger partial charge in [-0.15, -0.1) is 0 Å². The van der Waals surface area contributed by atoms with Crippen molar-refractivity contribution in [3.05, 3.63) is 11.8 Å². The monoisotopic (exact) mass is 131 g/mol. The van der Waals surface area contributed by atoms with E-state index in [1.165, 1.54) is 6.08 Å². The molecule has 8 heavy (non-hydrogen) atoms. The Morgan fingerprint density at radius 1 is 1.75 bits per heavy atom. The van der Waals surface area contributed by atoms with Crippen LogP contribution in [0, 0.1) is 0 Å². The fourth-order valence-electron chi connectivity index (χ4n) is 0.262. The normalized spacial score (nSPS) is 11.0. The number of aliphatic hydroxyl groups is 1. The van der Waals surface area contributed by atoms with Crippen LogP contribution in [0.4, 0.5) is 0 Å². The summed E-state index contributed by atoms with van der Waals surface area (Å²) in [5.41, 5.74) is 0. The molecule has 0 aliphatic rings. The van der Waals surface area contributed by atoms with Gasteiger partial charge in [-0.2, -0.15) is 0 Å². The van der Waals surface area contributed by atoms with E-state index in [9.17, 15) is 0 Å². The molecule has 0 radical (unpaired) electrons. The molecule has 0 aromatic carbocycles. The number of nitrogens with one attached hydrogen (secondary N) is 1. The van der Waals surface area contributed by atoms with Crippen molar-refractivity contribution >= 4 is 17.2 Å². The number of hydrogen-bond donors (Lipinski definition) is 2. The van der Waals surface area contributed by atoms with E-state index < -0.39 is 0 Å². The first-order valence-electron chi connectivity index (χ1n) is 2.26. The highest BCUT2D eigenvalue weighted by Crippen LogP contribution is 1.83. The third kappa shape index (κ3) is 3.61. The number of aliphatic hydroxyl groups excluding tert-OH is 1. The van der Waals surface area contributed by atoms with Crippen molar-refractivity contribution in [2.24, 2.45) is 0 Å². The Balaban J connectivity index is 3.70. The highest BCUT2D eigenvalue weighted by molar-refractivity contribution is 7.80. The predicted molar refractivity (Wildman–Crippen MR) is 38.0 cm³/mol. The summed E-state index contributed by atoms with van der Waals surface area (Å²) in [7, 11) is 1.71. The van der Waals surface area contributed by atoms with E-state index in [-0.39, 0.29) is 5.76 Å². The molecule has 0 fully saturated rings. The lowest BCUT2D eigenvalue weighted by molar-refractivity contribution is 0.415. The van der Waals surface area contributed by atoms with Gasteiger partial charge in [0.15, 0.2) is 0 Å². The van der Waals surface area contributed by atoms with E-state index in [1.54, 1.807) is 14.0 Å². The zero-order valence-corrected chi connectivity index (χ0v) is 5.75. The minimum Gasteiger partial charge on any atom is -0.513 e. The molecule has 0 spiro atoms. The summed E-state index contributed by atoms with van der Waals surface area (Å²) < 4.78 is 0. The minimum atomic E-state index is 0.226. The Morgan fingerprint density at radius 2 is 2.25 bits per heavy atom. The molecular formula is C5H9NOS. The van der Waals surface area contributed by atoms with Gasteiger partial charge in [-0.25, -0.2) is 0 Å². The Labute approximate surface area is 54.2 Å². The average Bonchev–Trinajstić information content (AvgIpc) is 1.65. The number of allylic oxidation sites excluding steroid dienone is 1. The van der Waals surface area contributed by atoms with E-state index in [2.05, 4.69) is 17.5 Å². The first kappa shape index (κ1) is 7.43. The Hall–Kier alpha value is -0.570. The van der Waals surface area contributed by atoms with Crippen molar-refractivity contribution in [3.8, 4) is 0 Å². The van der Waals surface area contributed by atoms with Gasteiger partial charge in [-0.05, 0) is 6.92 Å².